The molecule has 2 N–H and O–H groups in total. The van der Waals surface area contributed by atoms with Crippen LogP contribution >= 0.6 is 0 Å². The highest BCUT2D eigenvalue weighted by Crippen LogP contribution is 2.32. The summed E-state index contributed by atoms with van der Waals surface area (Å²) in [6, 6.07) is 6.08. The molecule has 2 saturated carbocycles. The van der Waals surface area contributed by atoms with Crippen LogP contribution in [0.15, 0.2) is 18.2 Å². The maximum atomic E-state index is 13.6. The van der Waals surface area contributed by atoms with Gasteiger partial charge in [0.25, 0.3) is 5.91 Å². The molecule has 4 aliphatic rings. The molecule has 8 heteroatoms. The van der Waals surface area contributed by atoms with Gasteiger partial charge in [0.05, 0.1) is 5.56 Å². The van der Waals surface area contributed by atoms with Crippen LogP contribution in [0.4, 0.5) is 16.2 Å². The first-order valence-corrected chi connectivity index (χ1v) is 13.6. The second-order valence-electron chi connectivity index (χ2n) is 10.6. The van der Waals surface area contributed by atoms with Crippen molar-refractivity contribution in [2.45, 2.75) is 70.3 Å². The number of nitrogens with zero attached hydrogens (tertiary/aromatic N) is 3. The number of hydrogen-bond donors (Lipinski definition) is 2. The number of benzene rings is 1. The van der Waals surface area contributed by atoms with E-state index in [1.54, 1.807) is 0 Å². The number of anilines is 2. The Bertz CT molecular complexity index is 927. The molecule has 190 valence electrons. The predicted octanol–water partition coefficient (Wildman–Crippen LogP) is 3.83. The molecule has 8 nitrogen and oxygen atoms in total. The lowest BCUT2D eigenvalue weighted by atomic mass is 9.96. The molecule has 0 aromatic heterocycles. The van der Waals surface area contributed by atoms with E-state index in [0.29, 0.717) is 43.5 Å². The number of piperidine rings is 1. The highest BCUT2D eigenvalue weighted by molar-refractivity contribution is 6.02. The second-order valence-corrected chi connectivity index (χ2v) is 10.6. The molecule has 0 unspecified atom stereocenters. The average molecular weight is 482 g/mol. The Morgan fingerprint density at radius 2 is 1.43 bits per heavy atom. The fourth-order valence-electron chi connectivity index (χ4n) is 5.58. The first-order valence-electron chi connectivity index (χ1n) is 13.6. The SMILES string of the molecule is O=C(Nc1ccc(N2CCN(C(=O)NC3CCCCC3)CC2)c(C(=O)N2CCCCC2)c1)C1CC1. The van der Waals surface area contributed by atoms with Gasteiger partial charge in [-0.1, -0.05) is 19.3 Å². The Labute approximate surface area is 208 Å². The normalized spacial score (nSPS) is 21.5. The molecule has 1 aromatic rings. The minimum absolute atomic E-state index is 0.0410. The zero-order chi connectivity index (χ0) is 24.2. The third-order valence-electron chi connectivity index (χ3n) is 7.93. The molecular formula is C27H39N5O3. The third kappa shape index (κ3) is 5.90. The Hall–Kier alpha value is -2.77. The van der Waals surface area contributed by atoms with Gasteiger partial charge in [-0.25, -0.2) is 4.79 Å². The minimum atomic E-state index is 0.0410. The van der Waals surface area contributed by atoms with Crippen LogP contribution in [-0.2, 0) is 4.79 Å². The van der Waals surface area contributed by atoms with Crippen molar-refractivity contribution in [3.8, 4) is 0 Å². The lowest BCUT2D eigenvalue weighted by molar-refractivity contribution is -0.117. The van der Waals surface area contributed by atoms with E-state index in [4.69, 9.17) is 0 Å². The fourth-order valence-corrected chi connectivity index (χ4v) is 5.58. The van der Waals surface area contributed by atoms with Gasteiger partial charge in [-0.05, 0) is 63.1 Å². The summed E-state index contributed by atoms with van der Waals surface area (Å²) in [4.78, 5) is 44.7. The van der Waals surface area contributed by atoms with Gasteiger partial charge in [0.2, 0.25) is 5.91 Å². The van der Waals surface area contributed by atoms with Gasteiger partial charge in [0.1, 0.15) is 0 Å². The van der Waals surface area contributed by atoms with Crippen molar-refractivity contribution in [2.75, 3.05) is 49.5 Å². The Morgan fingerprint density at radius 3 is 2.11 bits per heavy atom. The van der Waals surface area contributed by atoms with Crippen molar-refractivity contribution in [2.24, 2.45) is 5.92 Å². The molecule has 4 fully saturated rings. The van der Waals surface area contributed by atoms with Crippen LogP contribution in [0.3, 0.4) is 0 Å². The van der Waals surface area contributed by atoms with Crippen LogP contribution in [0, 0.1) is 5.92 Å². The Morgan fingerprint density at radius 1 is 0.743 bits per heavy atom. The molecule has 1 aromatic carbocycles. The lowest BCUT2D eigenvalue weighted by Crippen LogP contribution is -2.54. The predicted molar refractivity (Wildman–Crippen MR) is 137 cm³/mol. The highest BCUT2D eigenvalue weighted by atomic mass is 16.2. The number of nitrogens with one attached hydrogen (secondary N) is 2. The summed E-state index contributed by atoms with van der Waals surface area (Å²) in [5, 5.41) is 6.23. The topological polar surface area (TPSA) is 85.0 Å². The van der Waals surface area contributed by atoms with E-state index >= 15 is 0 Å². The maximum absolute atomic E-state index is 13.6. The zero-order valence-corrected chi connectivity index (χ0v) is 20.8. The van der Waals surface area contributed by atoms with Crippen molar-refractivity contribution < 1.29 is 14.4 Å². The van der Waals surface area contributed by atoms with E-state index in [-0.39, 0.29) is 23.8 Å². The maximum Gasteiger partial charge on any atom is 0.317 e. The van der Waals surface area contributed by atoms with Crippen molar-refractivity contribution in [3.63, 3.8) is 0 Å². The Balaban J connectivity index is 1.27. The van der Waals surface area contributed by atoms with Gasteiger partial charge < -0.3 is 25.3 Å². The zero-order valence-electron chi connectivity index (χ0n) is 20.8. The van der Waals surface area contributed by atoms with Gasteiger partial charge in [-0.3, -0.25) is 9.59 Å². The summed E-state index contributed by atoms with van der Waals surface area (Å²) in [5.74, 6) is 0.204. The molecule has 0 radical (unpaired) electrons. The smallest absolute Gasteiger partial charge is 0.317 e. The molecule has 5 rings (SSSR count). The van der Waals surface area contributed by atoms with Crippen molar-refractivity contribution in [1.29, 1.82) is 0 Å². The highest BCUT2D eigenvalue weighted by Gasteiger charge is 2.31. The van der Waals surface area contributed by atoms with Crippen LogP contribution in [0.25, 0.3) is 0 Å². The van der Waals surface area contributed by atoms with E-state index in [9.17, 15) is 14.4 Å². The van der Waals surface area contributed by atoms with Gasteiger partial charge in [0, 0.05) is 62.6 Å². The number of likely N-dealkylation sites (tertiary alicyclic amines) is 1. The molecule has 0 bridgehead atoms. The summed E-state index contributed by atoms with van der Waals surface area (Å²) in [6.45, 7) is 4.21. The minimum Gasteiger partial charge on any atom is -0.367 e. The monoisotopic (exact) mass is 481 g/mol. The summed E-state index contributed by atoms with van der Waals surface area (Å²) in [6.07, 6.45) is 11.0. The quantitative estimate of drug-likeness (QED) is 0.670. The number of urea groups is 1. The van der Waals surface area contributed by atoms with E-state index in [0.717, 1.165) is 57.3 Å². The van der Waals surface area contributed by atoms with Crippen molar-refractivity contribution in [1.82, 2.24) is 15.1 Å². The van der Waals surface area contributed by atoms with Crippen LogP contribution < -0.4 is 15.5 Å². The van der Waals surface area contributed by atoms with Crippen LogP contribution in [0.1, 0.15) is 74.6 Å². The number of rotatable bonds is 5. The molecule has 0 atom stereocenters. The van der Waals surface area contributed by atoms with E-state index in [2.05, 4.69) is 15.5 Å². The molecule has 4 amide bonds. The van der Waals surface area contributed by atoms with E-state index < -0.39 is 0 Å². The van der Waals surface area contributed by atoms with Crippen LogP contribution in [-0.4, -0.2) is 73.0 Å². The van der Waals surface area contributed by atoms with Gasteiger partial charge >= 0.3 is 6.03 Å². The van der Waals surface area contributed by atoms with Crippen molar-refractivity contribution in [3.05, 3.63) is 23.8 Å². The van der Waals surface area contributed by atoms with E-state index in [1.165, 1.54) is 25.7 Å². The largest absolute Gasteiger partial charge is 0.367 e. The number of piperazine rings is 1. The van der Waals surface area contributed by atoms with Crippen LogP contribution in [0.2, 0.25) is 0 Å². The van der Waals surface area contributed by atoms with E-state index in [1.807, 2.05) is 28.0 Å². The molecule has 2 saturated heterocycles. The first-order chi connectivity index (χ1) is 17.1. The second kappa shape index (κ2) is 10.9. The number of carbonyl (C=O) groups is 3. The standard InChI is InChI=1S/C27H39N5O3/c33-25(20-9-10-20)28-22-11-12-24(23(19-22)26(34)31-13-5-2-6-14-31)30-15-17-32(18-16-30)27(35)29-21-7-3-1-4-8-21/h11-12,19-21H,1-10,13-18H2,(H,28,33)(H,29,35). The summed E-state index contributed by atoms with van der Waals surface area (Å²) in [7, 11) is 0. The first kappa shape index (κ1) is 23.9. The summed E-state index contributed by atoms with van der Waals surface area (Å²) < 4.78 is 0. The average Bonchev–Trinajstić information content (AvgIpc) is 3.75. The summed E-state index contributed by atoms with van der Waals surface area (Å²) in [5.41, 5.74) is 2.24. The molecule has 2 heterocycles. The molecular weight excluding hydrogens is 442 g/mol. The number of amides is 4. The lowest BCUT2D eigenvalue weighted by Gasteiger charge is -2.38. The molecule has 2 aliphatic carbocycles. The van der Waals surface area contributed by atoms with Crippen LogP contribution in [0.5, 0.6) is 0 Å². The Kier molecular flexibility index (Phi) is 7.44. The van der Waals surface area contributed by atoms with Gasteiger partial charge in [-0.2, -0.15) is 0 Å². The van der Waals surface area contributed by atoms with Gasteiger partial charge in [-0.15, -0.1) is 0 Å². The fraction of sp³-hybridized carbons (Fsp3) is 0.667. The molecule has 0 spiro atoms. The van der Waals surface area contributed by atoms with Gasteiger partial charge in [0.15, 0.2) is 0 Å². The third-order valence-corrected chi connectivity index (χ3v) is 7.93. The molecule has 35 heavy (non-hydrogen) atoms. The number of carbonyl (C=O) groups excluding carboxylic acids is 3. The molecule has 2 aliphatic heterocycles. The summed E-state index contributed by atoms with van der Waals surface area (Å²) >= 11 is 0. The number of hydrogen-bond acceptors (Lipinski definition) is 4. The van der Waals surface area contributed by atoms with Crippen molar-refractivity contribution >= 4 is 29.2 Å².